The summed E-state index contributed by atoms with van der Waals surface area (Å²) in [4.78, 5) is 29.5. The Morgan fingerprint density at radius 3 is 2.66 bits per heavy atom. The summed E-state index contributed by atoms with van der Waals surface area (Å²) in [7, 11) is 0. The van der Waals surface area contributed by atoms with E-state index >= 15 is 0 Å². The van der Waals surface area contributed by atoms with E-state index in [0.29, 0.717) is 36.8 Å². The van der Waals surface area contributed by atoms with E-state index in [0.717, 1.165) is 52.0 Å². The molecular weight excluding hydrogens is 406 g/mol. The minimum Gasteiger partial charge on any atom is -0.462 e. The van der Waals surface area contributed by atoms with Crippen LogP contribution < -0.4 is 5.32 Å². The van der Waals surface area contributed by atoms with Gasteiger partial charge in [-0.05, 0) is 70.3 Å². The Bertz CT molecular complexity index is 643. The second kappa shape index (κ2) is 10.8. The van der Waals surface area contributed by atoms with Gasteiger partial charge in [0, 0.05) is 45.4 Å². The van der Waals surface area contributed by atoms with Crippen LogP contribution >= 0.6 is 0 Å². The number of nitrogens with one attached hydrogen (secondary N) is 1. The largest absolute Gasteiger partial charge is 0.462 e. The number of amides is 1. The average molecular weight is 450 g/mol. The van der Waals surface area contributed by atoms with E-state index < -0.39 is 0 Å². The molecule has 7 nitrogen and oxygen atoms in total. The maximum absolute atomic E-state index is 13.0. The van der Waals surface area contributed by atoms with Gasteiger partial charge in [-0.15, -0.1) is 0 Å². The molecule has 6 atom stereocenters. The van der Waals surface area contributed by atoms with E-state index in [2.05, 4.69) is 35.9 Å². The number of nitrogens with zero attached hydrogens (tertiary/aromatic N) is 2. The Labute approximate surface area is 193 Å². The van der Waals surface area contributed by atoms with Gasteiger partial charge in [-0.25, -0.2) is 0 Å². The van der Waals surface area contributed by atoms with Crippen molar-refractivity contribution >= 4 is 11.9 Å². The molecule has 32 heavy (non-hydrogen) atoms. The van der Waals surface area contributed by atoms with Crippen molar-refractivity contribution in [3.8, 4) is 0 Å². The molecule has 0 aromatic carbocycles. The lowest BCUT2D eigenvalue weighted by Crippen LogP contribution is -2.56. The molecule has 4 fully saturated rings. The number of hydrogen-bond donors (Lipinski definition) is 1. The minimum atomic E-state index is -0.0711. The van der Waals surface area contributed by atoms with Crippen molar-refractivity contribution in [3.63, 3.8) is 0 Å². The van der Waals surface area contributed by atoms with E-state index in [-0.39, 0.29) is 30.2 Å². The van der Waals surface area contributed by atoms with Crippen molar-refractivity contribution in [3.05, 3.63) is 0 Å². The smallest absolute Gasteiger partial charge is 0.306 e. The minimum absolute atomic E-state index is 0.0246. The molecule has 0 aromatic rings. The number of ether oxygens (including phenoxy) is 2. The molecule has 182 valence electrons. The van der Waals surface area contributed by atoms with Crippen molar-refractivity contribution in [1.29, 1.82) is 0 Å². The first-order valence-electron chi connectivity index (χ1n) is 13.0. The maximum atomic E-state index is 13.0. The van der Waals surface area contributed by atoms with Gasteiger partial charge in [-0.2, -0.15) is 0 Å². The summed E-state index contributed by atoms with van der Waals surface area (Å²) in [5, 5.41) is 3.63. The van der Waals surface area contributed by atoms with Crippen molar-refractivity contribution in [2.24, 2.45) is 17.8 Å². The number of hydrogen-bond acceptors (Lipinski definition) is 6. The molecule has 0 bridgehead atoms. The normalized spacial score (nSPS) is 36.6. The Hall–Kier alpha value is -1.18. The van der Waals surface area contributed by atoms with Crippen LogP contribution in [0.4, 0.5) is 0 Å². The summed E-state index contributed by atoms with van der Waals surface area (Å²) in [6.07, 6.45) is 8.21. The second-order valence-electron chi connectivity index (χ2n) is 10.7. The highest BCUT2D eigenvalue weighted by Crippen LogP contribution is 2.43. The third-order valence-electron chi connectivity index (χ3n) is 8.11. The van der Waals surface area contributed by atoms with Crippen LogP contribution in [0.5, 0.6) is 0 Å². The van der Waals surface area contributed by atoms with Gasteiger partial charge in [-0.1, -0.05) is 6.92 Å². The highest BCUT2D eigenvalue weighted by atomic mass is 16.5. The van der Waals surface area contributed by atoms with E-state index in [4.69, 9.17) is 9.47 Å². The van der Waals surface area contributed by atoms with Crippen LogP contribution in [0.25, 0.3) is 0 Å². The zero-order valence-corrected chi connectivity index (χ0v) is 20.3. The summed E-state index contributed by atoms with van der Waals surface area (Å²) in [5.74, 6) is 1.31. The molecule has 1 aliphatic carbocycles. The summed E-state index contributed by atoms with van der Waals surface area (Å²) < 4.78 is 12.0. The highest BCUT2D eigenvalue weighted by Gasteiger charge is 2.45. The van der Waals surface area contributed by atoms with Crippen molar-refractivity contribution < 1.29 is 19.1 Å². The standard InChI is InChI=1S/C25H43N3O4/c1-17(2)31-21-16-22-20(18(3)14-25(30)32-22)15-19(21)7-8-24(29)28-12-10-27(11-13-28)23-6-4-5-9-26-23/h17-23,26H,4-16H2,1-3H3. The van der Waals surface area contributed by atoms with Gasteiger partial charge in [0.15, 0.2) is 0 Å². The van der Waals surface area contributed by atoms with Gasteiger partial charge in [0.05, 0.1) is 18.4 Å². The molecule has 0 radical (unpaired) electrons. The fourth-order valence-electron chi connectivity index (χ4n) is 6.33. The lowest BCUT2D eigenvalue weighted by molar-refractivity contribution is -0.177. The number of esters is 1. The molecule has 4 aliphatic rings. The fraction of sp³-hybridized carbons (Fsp3) is 0.920. The Morgan fingerprint density at radius 1 is 1.19 bits per heavy atom. The average Bonchev–Trinajstić information content (AvgIpc) is 2.78. The number of piperazine rings is 1. The van der Waals surface area contributed by atoms with Gasteiger partial charge >= 0.3 is 5.97 Å². The molecule has 7 heteroatoms. The van der Waals surface area contributed by atoms with Crippen LogP contribution in [0.15, 0.2) is 0 Å². The molecule has 1 saturated carbocycles. The van der Waals surface area contributed by atoms with Crippen LogP contribution in [0, 0.1) is 17.8 Å². The number of carbonyl (C=O) groups is 2. The van der Waals surface area contributed by atoms with Crippen LogP contribution in [0.1, 0.15) is 72.1 Å². The van der Waals surface area contributed by atoms with Gasteiger partial charge in [0.2, 0.25) is 5.91 Å². The first-order chi connectivity index (χ1) is 15.4. The topological polar surface area (TPSA) is 71.1 Å². The molecule has 3 heterocycles. The van der Waals surface area contributed by atoms with Gasteiger partial charge in [-0.3, -0.25) is 14.5 Å². The Balaban J connectivity index is 1.28. The first-order valence-corrected chi connectivity index (χ1v) is 13.0. The van der Waals surface area contributed by atoms with Crippen LogP contribution in [-0.4, -0.2) is 78.9 Å². The molecule has 4 rings (SSSR count). The Morgan fingerprint density at radius 2 is 1.97 bits per heavy atom. The van der Waals surface area contributed by atoms with Crippen LogP contribution in [-0.2, 0) is 19.1 Å². The fourth-order valence-corrected chi connectivity index (χ4v) is 6.33. The predicted molar refractivity (Wildman–Crippen MR) is 123 cm³/mol. The highest BCUT2D eigenvalue weighted by molar-refractivity contribution is 5.76. The number of piperidine rings is 1. The quantitative estimate of drug-likeness (QED) is 0.629. The molecule has 6 unspecified atom stereocenters. The first kappa shape index (κ1) is 24.0. The molecule has 3 aliphatic heterocycles. The second-order valence-corrected chi connectivity index (χ2v) is 10.7. The third-order valence-corrected chi connectivity index (χ3v) is 8.11. The molecule has 1 amide bonds. The Kier molecular flexibility index (Phi) is 8.11. The van der Waals surface area contributed by atoms with E-state index in [1.165, 1.54) is 19.3 Å². The summed E-state index contributed by atoms with van der Waals surface area (Å²) >= 11 is 0. The molecular formula is C25H43N3O4. The number of fused-ring (bicyclic) bond motifs is 1. The molecule has 0 aromatic heterocycles. The van der Waals surface area contributed by atoms with Gasteiger partial charge < -0.3 is 19.7 Å². The number of carbonyl (C=O) groups excluding carboxylic acids is 2. The SMILES string of the molecule is CC(C)OC1CC2OC(=O)CC(C)C2CC1CCC(=O)N1CCN(C2CCCCN2)CC1. The predicted octanol–water partition coefficient (Wildman–Crippen LogP) is 2.78. The van der Waals surface area contributed by atoms with Crippen LogP contribution in [0.3, 0.4) is 0 Å². The summed E-state index contributed by atoms with van der Waals surface area (Å²) in [6, 6.07) is 0. The summed E-state index contributed by atoms with van der Waals surface area (Å²) in [6.45, 7) is 11.0. The van der Waals surface area contributed by atoms with E-state index in [1.807, 2.05) is 0 Å². The molecule has 0 spiro atoms. The van der Waals surface area contributed by atoms with Gasteiger partial charge in [0.1, 0.15) is 6.10 Å². The van der Waals surface area contributed by atoms with Gasteiger partial charge in [0.25, 0.3) is 0 Å². The summed E-state index contributed by atoms with van der Waals surface area (Å²) in [5.41, 5.74) is 0. The number of rotatable bonds is 6. The van der Waals surface area contributed by atoms with E-state index in [1.54, 1.807) is 0 Å². The lowest BCUT2D eigenvalue weighted by atomic mass is 9.69. The lowest BCUT2D eigenvalue weighted by Gasteiger charge is -2.46. The van der Waals surface area contributed by atoms with Crippen molar-refractivity contribution in [2.75, 3.05) is 32.7 Å². The van der Waals surface area contributed by atoms with Crippen molar-refractivity contribution in [2.45, 2.75) is 96.6 Å². The van der Waals surface area contributed by atoms with E-state index in [9.17, 15) is 9.59 Å². The maximum Gasteiger partial charge on any atom is 0.306 e. The molecule has 3 saturated heterocycles. The van der Waals surface area contributed by atoms with Crippen molar-refractivity contribution in [1.82, 2.24) is 15.1 Å². The molecule has 1 N–H and O–H groups in total. The monoisotopic (exact) mass is 449 g/mol. The van der Waals surface area contributed by atoms with Crippen LogP contribution in [0.2, 0.25) is 0 Å². The zero-order valence-electron chi connectivity index (χ0n) is 20.3. The zero-order chi connectivity index (χ0) is 22.7. The third kappa shape index (κ3) is 5.84.